The summed E-state index contributed by atoms with van der Waals surface area (Å²) < 4.78 is 0. The summed E-state index contributed by atoms with van der Waals surface area (Å²) in [6, 6.07) is 1.65. The van der Waals surface area contributed by atoms with Crippen LogP contribution < -0.4 is 10.6 Å². The molecule has 2 heterocycles. The SMILES string of the molecule is O=C(Nc1ccn[nH]1)C1CSCN1. The fourth-order valence-corrected chi connectivity index (χ4v) is 2.05. The molecule has 70 valence electrons. The van der Waals surface area contributed by atoms with Gasteiger partial charge in [0.25, 0.3) is 0 Å². The number of hydrogen-bond acceptors (Lipinski definition) is 4. The van der Waals surface area contributed by atoms with Crippen LogP contribution in [0.4, 0.5) is 5.82 Å². The number of rotatable bonds is 2. The van der Waals surface area contributed by atoms with E-state index in [-0.39, 0.29) is 11.9 Å². The summed E-state index contributed by atoms with van der Waals surface area (Å²) in [5.74, 6) is 2.32. The Morgan fingerprint density at radius 1 is 1.77 bits per heavy atom. The first-order valence-electron chi connectivity index (χ1n) is 3.97. The molecule has 0 radical (unpaired) electrons. The zero-order valence-corrected chi connectivity index (χ0v) is 7.73. The largest absolute Gasteiger partial charge is 0.310 e. The van der Waals surface area contributed by atoms with Crippen molar-refractivity contribution in [2.24, 2.45) is 0 Å². The lowest BCUT2D eigenvalue weighted by Gasteiger charge is -2.07. The van der Waals surface area contributed by atoms with Crippen molar-refractivity contribution >= 4 is 23.5 Å². The number of aromatic nitrogens is 2. The number of hydrogen-bond donors (Lipinski definition) is 3. The van der Waals surface area contributed by atoms with Gasteiger partial charge in [0.15, 0.2) is 0 Å². The van der Waals surface area contributed by atoms with E-state index in [1.165, 1.54) is 0 Å². The second-order valence-corrected chi connectivity index (χ2v) is 3.76. The molecule has 2 rings (SSSR count). The Morgan fingerprint density at radius 3 is 3.31 bits per heavy atom. The number of thioether (sulfide) groups is 1. The van der Waals surface area contributed by atoms with Crippen LogP contribution in [-0.4, -0.2) is 33.8 Å². The van der Waals surface area contributed by atoms with Crippen LogP contribution in [0.5, 0.6) is 0 Å². The number of carbonyl (C=O) groups is 1. The molecule has 1 aromatic heterocycles. The van der Waals surface area contributed by atoms with E-state index >= 15 is 0 Å². The minimum absolute atomic E-state index is 0.00532. The van der Waals surface area contributed by atoms with Crippen LogP contribution in [-0.2, 0) is 4.79 Å². The third-order valence-corrected chi connectivity index (χ3v) is 2.73. The molecule has 1 aliphatic heterocycles. The highest BCUT2D eigenvalue weighted by atomic mass is 32.2. The van der Waals surface area contributed by atoms with Crippen molar-refractivity contribution in [1.29, 1.82) is 0 Å². The average molecular weight is 198 g/mol. The molecule has 1 atom stereocenters. The van der Waals surface area contributed by atoms with Gasteiger partial charge in [-0.3, -0.25) is 15.2 Å². The van der Waals surface area contributed by atoms with E-state index in [2.05, 4.69) is 20.8 Å². The van der Waals surface area contributed by atoms with Gasteiger partial charge in [-0.15, -0.1) is 11.8 Å². The topological polar surface area (TPSA) is 69.8 Å². The van der Waals surface area contributed by atoms with Crippen molar-refractivity contribution in [1.82, 2.24) is 15.5 Å². The van der Waals surface area contributed by atoms with Crippen LogP contribution in [0.1, 0.15) is 0 Å². The van der Waals surface area contributed by atoms with Gasteiger partial charge in [-0.05, 0) is 0 Å². The maximum Gasteiger partial charge on any atom is 0.243 e. The first-order chi connectivity index (χ1) is 6.36. The highest BCUT2D eigenvalue weighted by Crippen LogP contribution is 2.11. The number of anilines is 1. The normalized spacial score (nSPS) is 21.7. The van der Waals surface area contributed by atoms with Gasteiger partial charge in [-0.25, -0.2) is 0 Å². The lowest BCUT2D eigenvalue weighted by atomic mass is 10.3. The molecule has 0 saturated carbocycles. The first kappa shape index (κ1) is 8.58. The standard InChI is InChI=1S/C7H10N4OS/c12-7(5-3-13-4-8-5)10-6-1-2-9-11-6/h1-2,5,8H,3-4H2,(H2,9,10,11,12). The molecular weight excluding hydrogens is 188 g/mol. The minimum Gasteiger partial charge on any atom is -0.310 e. The molecule has 1 amide bonds. The lowest BCUT2D eigenvalue weighted by molar-refractivity contribution is -0.117. The Balaban J connectivity index is 1.91. The van der Waals surface area contributed by atoms with Gasteiger partial charge in [0, 0.05) is 17.7 Å². The molecule has 6 heteroatoms. The Labute approximate surface area is 79.7 Å². The molecule has 1 aromatic rings. The summed E-state index contributed by atoms with van der Waals surface area (Å²) in [4.78, 5) is 11.5. The molecule has 0 bridgehead atoms. The highest BCUT2D eigenvalue weighted by Gasteiger charge is 2.22. The maximum absolute atomic E-state index is 11.5. The average Bonchev–Trinajstić information content (AvgIpc) is 2.74. The van der Waals surface area contributed by atoms with Crippen molar-refractivity contribution in [3.05, 3.63) is 12.3 Å². The van der Waals surface area contributed by atoms with Crippen LogP contribution >= 0.6 is 11.8 Å². The number of H-pyrrole nitrogens is 1. The van der Waals surface area contributed by atoms with Crippen LogP contribution in [0.15, 0.2) is 12.3 Å². The number of nitrogens with zero attached hydrogens (tertiary/aromatic N) is 1. The molecule has 1 unspecified atom stereocenters. The van der Waals surface area contributed by atoms with Crippen LogP contribution in [0, 0.1) is 0 Å². The van der Waals surface area contributed by atoms with E-state index in [4.69, 9.17) is 0 Å². The fraction of sp³-hybridized carbons (Fsp3) is 0.429. The third kappa shape index (κ3) is 2.02. The molecule has 0 aliphatic carbocycles. The van der Waals surface area contributed by atoms with Crippen molar-refractivity contribution < 1.29 is 4.79 Å². The van der Waals surface area contributed by atoms with Gasteiger partial charge in [-0.1, -0.05) is 0 Å². The van der Waals surface area contributed by atoms with Crippen LogP contribution in [0.3, 0.4) is 0 Å². The third-order valence-electron chi connectivity index (χ3n) is 1.79. The first-order valence-corrected chi connectivity index (χ1v) is 5.13. The number of aromatic amines is 1. The zero-order valence-electron chi connectivity index (χ0n) is 6.91. The molecule has 0 spiro atoms. The Bertz CT molecular complexity index is 281. The van der Waals surface area contributed by atoms with Gasteiger partial charge in [0.05, 0.1) is 12.2 Å². The summed E-state index contributed by atoms with van der Waals surface area (Å²) in [7, 11) is 0. The second kappa shape index (κ2) is 3.80. The van der Waals surface area contributed by atoms with Gasteiger partial charge in [0.2, 0.25) is 5.91 Å². The zero-order chi connectivity index (χ0) is 9.10. The summed E-state index contributed by atoms with van der Waals surface area (Å²) in [6.45, 7) is 0. The van der Waals surface area contributed by atoms with Gasteiger partial charge in [0.1, 0.15) is 5.82 Å². The lowest BCUT2D eigenvalue weighted by Crippen LogP contribution is -2.37. The van der Waals surface area contributed by atoms with Crippen molar-refractivity contribution in [2.75, 3.05) is 16.9 Å². The predicted octanol–water partition coefficient (Wildman–Crippen LogP) is 0.0107. The van der Waals surface area contributed by atoms with E-state index in [0.29, 0.717) is 5.82 Å². The Hall–Kier alpha value is -1.01. The summed E-state index contributed by atoms with van der Waals surface area (Å²) >= 11 is 1.73. The Kier molecular flexibility index (Phi) is 2.51. The van der Waals surface area contributed by atoms with Crippen LogP contribution in [0.2, 0.25) is 0 Å². The number of carbonyl (C=O) groups excluding carboxylic acids is 1. The molecule has 1 aliphatic rings. The molecule has 5 nitrogen and oxygen atoms in total. The fourth-order valence-electron chi connectivity index (χ4n) is 1.11. The smallest absolute Gasteiger partial charge is 0.243 e. The quantitative estimate of drug-likeness (QED) is 0.626. The molecule has 13 heavy (non-hydrogen) atoms. The summed E-state index contributed by atoms with van der Waals surface area (Å²) in [5, 5.41) is 12.2. The number of amides is 1. The van der Waals surface area contributed by atoms with Gasteiger partial charge >= 0.3 is 0 Å². The summed E-state index contributed by atoms with van der Waals surface area (Å²) in [6.07, 6.45) is 1.60. The van der Waals surface area contributed by atoms with E-state index in [1.807, 2.05) is 0 Å². The van der Waals surface area contributed by atoms with E-state index in [9.17, 15) is 4.79 Å². The Morgan fingerprint density at radius 2 is 2.69 bits per heavy atom. The molecular formula is C7H10N4OS. The van der Waals surface area contributed by atoms with Crippen LogP contribution in [0.25, 0.3) is 0 Å². The van der Waals surface area contributed by atoms with E-state index < -0.39 is 0 Å². The van der Waals surface area contributed by atoms with Gasteiger partial charge in [-0.2, -0.15) is 5.10 Å². The monoisotopic (exact) mass is 198 g/mol. The van der Waals surface area contributed by atoms with Crippen molar-refractivity contribution in [3.63, 3.8) is 0 Å². The number of nitrogens with one attached hydrogen (secondary N) is 3. The molecule has 1 saturated heterocycles. The highest BCUT2D eigenvalue weighted by molar-refractivity contribution is 7.99. The van der Waals surface area contributed by atoms with E-state index in [1.54, 1.807) is 24.0 Å². The summed E-state index contributed by atoms with van der Waals surface area (Å²) in [5.41, 5.74) is 0. The minimum atomic E-state index is -0.0756. The second-order valence-electron chi connectivity index (χ2n) is 2.73. The van der Waals surface area contributed by atoms with Crippen molar-refractivity contribution in [2.45, 2.75) is 6.04 Å². The molecule has 1 fully saturated rings. The predicted molar refractivity (Wildman–Crippen MR) is 51.5 cm³/mol. The van der Waals surface area contributed by atoms with Gasteiger partial charge < -0.3 is 5.32 Å². The molecule has 3 N–H and O–H groups in total. The maximum atomic E-state index is 11.5. The van der Waals surface area contributed by atoms with Crippen molar-refractivity contribution in [3.8, 4) is 0 Å². The van der Waals surface area contributed by atoms with E-state index in [0.717, 1.165) is 11.6 Å². The molecule has 0 aromatic carbocycles.